The fraction of sp³-hybridized carbons (Fsp3) is 0.353. The van der Waals surface area contributed by atoms with Crippen molar-refractivity contribution < 1.29 is 4.79 Å². The van der Waals surface area contributed by atoms with Gasteiger partial charge in [0, 0.05) is 24.8 Å². The largest absolute Gasteiger partial charge is 0.346 e. The van der Waals surface area contributed by atoms with Crippen molar-refractivity contribution in [3.8, 4) is 0 Å². The molecule has 2 aromatic rings. The lowest BCUT2D eigenvalue weighted by Gasteiger charge is -2.15. The smallest absolute Gasteiger partial charge is 0.251 e. The molecule has 1 amide bonds. The first-order valence-electron chi connectivity index (χ1n) is 7.64. The second-order valence-electron chi connectivity index (χ2n) is 5.59. The van der Waals surface area contributed by atoms with Gasteiger partial charge >= 0.3 is 0 Å². The van der Waals surface area contributed by atoms with E-state index in [-0.39, 0.29) is 5.91 Å². The van der Waals surface area contributed by atoms with Gasteiger partial charge in [0.05, 0.1) is 12.2 Å². The Morgan fingerprint density at radius 2 is 2.09 bits per heavy atom. The van der Waals surface area contributed by atoms with E-state index in [9.17, 15) is 4.79 Å². The summed E-state index contributed by atoms with van der Waals surface area (Å²) in [7, 11) is 0. The third-order valence-electron chi connectivity index (χ3n) is 3.80. The van der Waals surface area contributed by atoms with Crippen molar-refractivity contribution in [2.45, 2.75) is 26.3 Å². The van der Waals surface area contributed by atoms with E-state index < -0.39 is 0 Å². The highest BCUT2D eigenvalue weighted by Crippen LogP contribution is 2.15. The van der Waals surface area contributed by atoms with E-state index in [1.165, 1.54) is 12.8 Å². The maximum atomic E-state index is 12.1. The first-order chi connectivity index (χ1) is 10.7. The Morgan fingerprint density at radius 3 is 2.86 bits per heavy atom. The molecule has 0 saturated carbocycles. The van der Waals surface area contributed by atoms with Crippen LogP contribution in [0.25, 0.3) is 0 Å². The molecule has 1 aromatic heterocycles. The Kier molecular flexibility index (Phi) is 4.32. The molecule has 2 heterocycles. The number of nitrogens with zero attached hydrogens (tertiary/aromatic N) is 3. The van der Waals surface area contributed by atoms with E-state index in [0.29, 0.717) is 12.1 Å². The SMILES string of the molecule is Cc1cccc(C(=O)NCc2ccnc(N3CCCC3)n2)c1. The van der Waals surface area contributed by atoms with Crippen LogP contribution in [0.2, 0.25) is 0 Å². The zero-order chi connectivity index (χ0) is 15.4. The lowest BCUT2D eigenvalue weighted by molar-refractivity contribution is 0.0950. The monoisotopic (exact) mass is 296 g/mol. The molecule has 1 saturated heterocycles. The highest BCUT2D eigenvalue weighted by molar-refractivity contribution is 5.94. The summed E-state index contributed by atoms with van der Waals surface area (Å²) in [5.74, 6) is 0.685. The molecule has 114 valence electrons. The maximum absolute atomic E-state index is 12.1. The van der Waals surface area contributed by atoms with Crippen LogP contribution in [-0.2, 0) is 6.54 Å². The highest BCUT2D eigenvalue weighted by Gasteiger charge is 2.15. The zero-order valence-electron chi connectivity index (χ0n) is 12.7. The van der Waals surface area contributed by atoms with Gasteiger partial charge in [0.2, 0.25) is 5.95 Å². The predicted molar refractivity (Wildman–Crippen MR) is 85.8 cm³/mol. The summed E-state index contributed by atoms with van der Waals surface area (Å²) in [5.41, 5.74) is 2.58. The molecule has 1 aliphatic rings. The van der Waals surface area contributed by atoms with Crippen molar-refractivity contribution >= 4 is 11.9 Å². The summed E-state index contributed by atoms with van der Waals surface area (Å²) in [6.07, 6.45) is 4.14. The van der Waals surface area contributed by atoms with E-state index in [4.69, 9.17) is 0 Å². The molecule has 0 unspecified atom stereocenters. The van der Waals surface area contributed by atoms with Gasteiger partial charge in [0.25, 0.3) is 5.91 Å². The van der Waals surface area contributed by atoms with Crippen LogP contribution in [0.15, 0.2) is 36.5 Å². The average Bonchev–Trinajstić information content (AvgIpc) is 3.07. The molecular weight excluding hydrogens is 276 g/mol. The number of aromatic nitrogens is 2. The van der Waals surface area contributed by atoms with Crippen LogP contribution >= 0.6 is 0 Å². The molecule has 1 aromatic carbocycles. The van der Waals surface area contributed by atoms with Crippen molar-refractivity contribution in [1.82, 2.24) is 15.3 Å². The van der Waals surface area contributed by atoms with E-state index >= 15 is 0 Å². The number of hydrogen-bond donors (Lipinski definition) is 1. The third kappa shape index (κ3) is 3.42. The van der Waals surface area contributed by atoms with E-state index in [1.54, 1.807) is 6.20 Å². The molecule has 0 radical (unpaired) electrons. The number of benzene rings is 1. The van der Waals surface area contributed by atoms with Crippen molar-refractivity contribution in [2.24, 2.45) is 0 Å². The van der Waals surface area contributed by atoms with Crippen LogP contribution in [0.5, 0.6) is 0 Å². The van der Waals surface area contributed by atoms with Crippen LogP contribution in [0.1, 0.15) is 34.5 Å². The Bertz CT molecular complexity index is 665. The molecule has 0 atom stereocenters. The van der Waals surface area contributed by atoms with Crippen molar-refractivity contribution in [1.29, 1.82) is 0 Å². The van der Waals surface area contributed by atoms with Crippen LogP contribution in [0.3, 0.4) is 0 Å². The van der Waals surface area contributed by atoms with Gasteiger partial charge in [0.15, 0.2) is 0 Å². The second kappa shape index (κ2) is 6.56. The lowest BCUT2D eigenvalue weighted by Crippen LogP contribution is -2.25. The van der Waals surface area contributed by atoms with E-state index in [0.717, 1.165) is 30.3 Å². The van der Waals surface area contributed by atoms with Crippen LogP contribution in [0, 0.1) is 6.92 Å². The Hall–Kier alpha value is -2.43. The topological polar surface area (TPSA) is 58.1 Å². The number of hydrogen-bond acceptors (Lipinski definition) is 4. The summed E-state index contributed by atoms with van der Waals surface area (Å²) in [4.78, 5) is 23.2. The highest BCUT2D eigenvalue weighted by atomic mass is 16.1. The maximum Gasteiger partial charge on any atom is 0.251 e. The standard InChI is InChI=1S/C17H20N4O/c1-13-5-4-6-14(11-13)16(22)19-12-15-7-8-18-17(20-15)21-9-2-3-10-21/h4-8,11H,2-3,9-10,12H2,1H3,(H,19,22). The van der Waals surface area contributed by atoms with Crippen LogP contribution in [0.4, 0.5) is 5.95 Å². The molecular formula is C17H20N4O. The van der Waals surface area contributed by atoms with Gasteiger partial charge in [-0.3, -0.25) is 4.79 Å². The normalized spacial score (nSPS) is 14.1. The number of aryl methyl sites for hydroxylation is 1. The summed E-state index contributed by atoms with van der Waals surface area (Å²) >= 11 is 0. The van der Waals surface area contributed by atoms with Gasteiger partial charge in [-0.2, -0.15) is 0 Å². The summed E-state index contributed by atoms with van der Waals surface area (Å²) in [5, 5.41) is 2.91. The molecule has 0 spiro atoms. The van der Waals surface area contributed by atoms with Gasteiger partial charge < -0.3 is 10.2 Å². The van der Waals surface area contributed by atoms with E-state index in [1.807, 2.05) is 37.3 Å². The first-order valence-corrected chi connectivity index (χ1v) is 7.64. The van der Waals surface area contributed by atoms with Crippen molar-refractivity contribution in [3.63, 3.8) is 0 Å². The van der Waals surface area contributed by atoms with Crippen molar-refractivity contribution in [2.75, 3.05) is 18.0 Å². The van der Waals surface area contributed by atoms with Crippen LogP contribution < -0.4 is 10.2 Å². The molecule has 0 aliphatic carbocycles. The molecule has 5 nitrogen and oxygen atoms in total. The number of carbonyl (C=O) groups excluding carboxylic acids is 1. The van der Waals surface area contributed by atoms with Gasteiger partial charge in [-0.1, -0.05) is 17.7 Å². The zero-order valence-corrected chi connectivity index (χ0v) is 12.7. The van der Waals surface area contributed by atoms with Gasteiger partial charge in [-0.25, -0.2) is 9.97 Å². The fourth-order valence-electron chi connectivity index (χ4n) is 2.61. The number of nitrogens with one attached hydrogen (secondary N) is 1. The second-order valence-corrected chi connectivity index (χ2v) is 5.59. The molecule has 0 bridgehead atoms. The number of amides is 1. The molecule has 5 heteroatoms. The minimum Gasteiger partial charge on any atom is -0.346 e. The quantitative estimate of drug-likeness (QED) is 0.940. The van der Waals surface area contributed by atoms with Crippen molar-refractivity contribution in [3.05, 3.63) is 53.3 Å². The van der Waals surface area contributed by atoms with Gasteiger partial charge in [-0.05, 0) is 38.0 Å². The number of carbonyl (C=O) groups is 1. The fourth-order valence-corrected chi connectivity index (χ4v) is 2.61. The Morgan fingerprint density at radius 1 is 1.27 bits per heavy atom. The summed E-state index contributed by atoms with van der Waals surface area (Å²) in [6, 6.07) is 9.41. The molecule has 22 heavy (non-hydrogen) atoms. The Balaban J connectivity index is 1.63. The molecule has 1 N–H and O–H groups in total. The minimum absolute atomic E-state index is 0.0787. The Labute approximate surface area is 130 Å². The minimum atomic E-state index is -0.0787. The number of anilines is 1. The first kappa shape index (κ1) is 14.5. The molecule has 3 rings (SSSR count). The molecule has 1 fully saturated rings. The van der Waals surface area contributed by atoms with Crippen LogP contribution in [-0.4, -0.2) is 29.0 Å². The van der Waals surface area contributed by atoms with Gasteiger partial charge in [0.1, 0.15) is 0 Å². The number of rotatable bonds is 4. The lowest BCUT2D eigenvalue weighted by atomic mass is 10.1. The predicted octanol–water partition coefficient (Wildman–Crippen LogP) is 2.32. The molecule has 1 aliphatic heterocycles. The third-order valence-corrected chi connectivity index (χ3v) is 3.80. The van der Waals surface area contributed by atoms with Gasteiger partial charge in [-0.15, -0.1) is 0 Å². The summed E-state index contributed by atoms with van der Waals surface area (Å²) < 4.78 is 0. The summed E-state index contributed by atoms with van der Waals surface area (Å²) in [6.45, 7) is 4.41. The average molecular weight is 296 g/mol. The van der Waals surface area contributed by atoms with E-state index in [2.05, 4.69) is 20.2 Å².